The van der Waals surface area contributed by atoms with Gasteiger partial charge in [-0.05, 0) is 53.6 Å². The van der Waals surface area contributed by atoms with E-state index in [9.17, 15) is 14.3 Å². The van der Waals surface area contributed by atoms with Crippen LogP contribution in [0.25, 0.3) is 22.2 Å². The van der Waals surface area contributed by atoms with Gasteiger partial charge in [0, 0.05) is 22.7 Å². The Kier molecular flexibility index (Phi) is 5.18. The molecule has 4 heterocycles. The molecule has 1 aliphatic rings. The molecular formula is C24H20FN7O2S. The molecule has 9 nitrogen and oxygen atoms in total. The number of benzene rings is 1. The molecule has 35 heavy (non-hydrogen) atoms. The monoisotopic (exact) mass is 489 g/mol. The third kappa shape index (κ3) is 4.33. The summed E-state index contributed by atoms with van der Waals surface area (Å²) >= 11 is 1.60. The minimum absolute atomic E-state index is 0.228. The molecule has 1 aromatic carbocycles. The quantitative estimate of drug-likeness (QED) is 0.292. The maximum absolute atomic E-state index is 14.1. The molecule has 11 heteroatoms. The van der Waals surface area contributed by atoms with Gasteiger partial charge in [-0.2, -0.15) is 9.61 Å². The van der Waals surface area contributed by atoms with Gasteiger partial charge in [-0.15, -0.1) is 11.3 Å². The number of aromatic hydroxyl groups is 1. The van der Waals surface area contributed by atoms with Crippen molar-refractivity contribution in [2.24, 2.45) is 4.99 Å². The van der Waals surface area contributed by atoms with Crippen LogP contribution in [0.1, 0.15) is 24.1 Å². The molecule has 1 aliphatic carbocycles. The Morgan fingerprint density at radius 1 is 1.29 bits per heavy atom. The maximum Gasteiger partial charge on any atom is 0.326 e. The second kappa shape index (κ2) is 8.51. The molecule has 4 aromatic heterocycles. The highest BCUT2D eigenvalue weighted by Crippen LogP contribution is 2.29. The fraction of sp³-hybridized carbons (Fsp3) is 0.167. The van der Waals surface area contributed by atoms with Gasteiger partial charge in [-0.1, -0.05) is 12.1 Å². The molecule has 6 rings (SSSR count). The second-order valence-electron chi connectivity index (χ2n) is 8.31. The Morgan fingerprint density at radius 3 is 2.91 bits per heavy atom. The van der Waals surface area contributed by atoms with Crippen LogP contribution < -0.4 is 21.7 Å². The number of hydrogen-bond donors (Lipinski definition) is 4. The van der Waals surface area contributed by atoms with E-state index in [1.807, 2.05) is 23.6 Å². The zero-order valence-electron chi connectivity index (χ0n) is 18.3. The van der Waals surface area contributed by atoms with Gasteiger partial charge >= 0.3 is 5.69 Å². The first kappa shape index (κ1) is 21.3. The van der Waals surface area contributed by atoms with Gasteiger partial charge in [0.1, 0.15) is 17.3 Å². The second-order valence-corrected chi connectivity index (χ2v) is 9.26. The van der Waals surface area contributed by atoms with E-state index in [0.717, 1.165) is 28.8 Å². The molecule has 0 atom stereocenters. The van der Waals surface area contributed by atoms with E-state index in [0.29, 0.717) is 28.7 Å². The molecule has 0 unspecified atom stereocenters. The van der Waals surface area contributed by atoms with Crippen molar-refractivity contribution >= 4 is 28.9 Å². The first-order chi connectivity index (χ1) is 17.0. The van der Waals surface area contributed by atoms with E-state index in [-0.39, 0.29) is 23.4 Å². The molecule has 0 radical (unpaired) electrons. The minimum atomic E-state index is -0.512. The topological polar surface area (TPSA) is 123 Å². The number of rotatable bonds is 6. The van der Waals surface area contributed by atoms with Crippen LogP contribution in [0.4, 0.5) is 10.2 Å². The van der Waals surface area contributed by atoms with E-state index in [1.54, 1.807) is 34.2 Å². The Labute approximate surface area is 201 Å². The number of thiophene rings is 1. The zero-order valence-corrected chi connectivity index (χ0v) is 19.1. The van der Waals surface area contributed by atoms with Crippen molar-refractivity contribution in [2.75, 3.05) is 5.32 Å². The van der Waals surface area contributed by atoms with Crippen LogP contribution in [-0.2, 0) is 6.54 Å². The summed E-state index contributed by atoms with van der Waals surface area (Å²) < 4.78 is 15.7. The number of H-pyrrole nitrogens is 2. The fourth-order valence-corrected chi connectivity index (χ4v) is 4.64. The predicted octanol–water partition coefficient (Wildman–Crippen LogP) is 2.54. The highest BCUT2D eigenvalue weighted by Gasteiger charge is 2.20. The molecule has 4 N–H and O–H groups in total. The van der Waals surface area contributed by atoms with Crippen LogP contribution in [0, 0.1) is 5.82 Å². The van der Waals surface area contributed by atoms with Gasteiger partial charge in [0.25, 0.3) is 0 Å². The zero-order chi connectivity index (χ0) is 23.9. The molecule has 0 saturated heterocycles. The molecule has 0 spiro atoms. The van der Waals surface area contributed by atoms with Gasteiger partial charge < -0.3 is 15.4 Å². The summed E-state index contributed by atoms with van der Waals surface area (Å²) in [5, 5.41) is 20.3. The van der Waals surface area contributed by atoms with Crippen molar-refractivity contribution in [1.82, 2.24) is 24.6 Å². The van der Waals surface area contributed by atoms with Crippen molar-refractivity contribution in [3.8, 4) is 16.3 Å². The lowest BCUT2D eigenvalue weighted by Gasteiger charge is -2.11. The van der Waals surface area contributed by atoms with E-state index >= 15 is 0 Å². The number of halogens is 1. The number of nitrogens with one attached hydrogen (secondary N) is 3. The summed E-state index contributed by atoms with van der Waals surface area (Å²) in [6.45, 7) is 0.357. The highest BCUT2D eigenvalue weighted by molar-refractivity contribution is 7.13. The lowest BCUT2D eigenvalue weighted by atomic mass is 10.1. The summed E-state index contributed by atoms with van der Waals surface area (Å²) in [6, 6.07) is 10.8. The Morgan fingerprint density at radius 2 is 2.17 bits per heavy atom. The Hall–Kier alpha value is -4.25. The number of aromatic amines is 2. The first-order valence-electron chi connectivity index (χ1n) is 11.1. The summed E-state index contributed by atoms with van der Waals surface area (Å²) in [4.78, 5) is 26.9. The molecule has 176 valence electrons. The van der Waals surface area contributed by atoms with Crippen LogP contribution >= 0.6 is 11.3 Å². The van der Waals surface area contributed by atoms with Gasteiger partial charge in [0.2, 0.25) is 5.88 Å². The van der Waals surface area contributed by atoms with E-state index in [1.165, 1.54) is 12.1 Å². The lowest BCUT2D eigenvalue weighted by Crippen LogP contribution is -2.20. The SMILES string of the molecule is O=c1[nH]c(O)c(/C=c2/cnn3c(=NC4CC4)cc(NCc4cc(F)ccc4-c4cccs4)nc23)[nH]1. The number of imidazole rings is 1. The van der Waals surface area contributed by atoms with Crippen molar-refractivity contribution in [1.29, 1.82) is 0 Å². The van der Waals surface area contributed by atoms with Crippen molar-refractivity contribution in [3.05, 3.63) is 86.2 Å². The molecule has 1 saturated carbocycles. The van der Waals surface area contributed by atoms with E-state index < -0.39 is 5.69 Å². The van der Waals surface area contributed by atoms with E-state index in [4.69, 9.17) is 9.98 Å². The smallest absolute Gasteiger partial charge is 0.326 e. The Balaban J connectivity index is 1.42. The van der Waals surface area contributed by atoms with Gasteiger partial charge in [0.15, 0.2) is 11.1 Å². The van der Waals surface area contributed by atoms with Gasteiger partial charge in [-0.3, -0.25) is 9.98 Å². The number of fused-ring (bicyclic) bond motifs is 1. The van der Waals surface area contributed by atoms with Crippen LogP contribution in [-0.4, -0.2) is 35.7 Å². The summed E-state index contributed by atoms with van der Waals surface area (Å²) in [7, 11) is 0. The van der Waals surface area contributed by atoms with Crippen LogP contribution in [0.3, 0.4) is 0 Å². The maximum atomic E-state index is 14.1. The Bertz CT molecular complexity index is 1710. The number of anilines is 1. The molecule has 0 amide bonds. The number of hydrogen-bond acceptors (Lipinski definition) is 7. The summed E-state index contributed by atoms with van der Waals surface area (Å²) in [5.74, 6) is -0.0122. The lowest BCUT2D eigenvalue weighted by molar-refractivity contribution is 0.454. The highest BCUT2D eigenvalue weighted by atomic mass is 32.1. The van der Waals surface area contributed by atoms with Crippen LogP contribution in [0.2, 0.25) is 0 Å². The molecule has 0 aliphatic heterocycles. The van der Waals surface area contributed by atoms with Crippen LogP contribution in [0.5, 0.6) is 5.88 Å². The summed E-state index contributed by atoms with van der Waals surface area (Å²) in [5.41, 5.74) is 2.64. The summed E-state index contributed by atoms with van der Waals surface area (Å²) in [6.07, 6.45) is 5.25. The molecule has 1 fully saturated rings. The minimum Gasteiger partial charge on any atom is -0.493 e. The van der Waals surface area contributed by atoms with Crippen molar-refractivity contribution in [3.63, 3.8) is 0 Å². The van der Waals surface area contributed by atoms with Gasteiger partial charge in [0.05, 0.1) is 12.2 Å². The third-order valence-electron chi connectivity index (χ3n) is 5.69. The fourth-order valence-electron chi connectivity index (χ4n) is 3.85. The van der Waals surface area contributed by atoms with Crippen LogP contribution in [0.15, 0.2) is 57.8 Å². The number of aromatic nitrogens is 5. The molecule has 0 bridgehead atoms. The molecule has 5 aromatic rings. The normalized spacial score (nSPS) is 14.8. The number of nitrogens with zero attached hydrogens (tertiary/aromatic N) is 4. The molecular weight excluding hydrogens is 469 g/mol. The largest absolute Gasteiger partial charge is 0.493 e. The average Bonchev–Trinajstić information content (AvgIpc) is 3.19. The van der Waals surface area contributed by atoms with Crippen molar-refractivity contribution < 1.29 is 9.50 Å². The average molecular weight is 490 g/mol. The van der Waals surface area contributed by atoms with Crippen molar-refractivity contribution in [2.45, 2.75) is 25.4 Å². The first-order valence-corrected chi connectivity index (χ1v) is 11.9. The predicted molar refractivity (Wildman–Crippen MR) is 130 cm³/mol. The van der Waals surface area contributed by atoms with E-state index in [2.05, 4.69) is 20.4 Å². The van der Waals surface area contributed by atoms with Gasteiger partial charge in [-0.25, -0.2) is 14.2 Å². The standard InChI is InChI=1S/C24H20FN7O2S/c25-15-3-6-17(19-2-1-7-35-19)13(8-15)11-26-20-10-21(28-16-4-5-16)32-22(30-20)14(12-27-32)9-18-23(33)31-24(34)29-18/h1-3,6-10,12,16,26,33H,4-5,11H2,(H2,29,31,34)/b14-9-,28-21?. The third-order valence-corrected chi connectivity index (χ3v) is 6.59.